The lowest BCUT2D eigenvalue weighted by Crippen LogP contribution is -2.37. The fourth-order valence-corrected chi connectivity index (χ4v) is 9.86. The lowest BCUT2D eigenvalue weighted by atomic mass is 9.96. The number of nitrogens with zero attached hydrogens (tertiary/aromatic N) is 1. The van der Waals surface area contributed by atoms with Gasteiger partial charge in [0, 0.05) is 38.5 Å². The highest BCUT2D eigenvalue weighted by Gasteiger charge is 2.19. The Morgan fingerprint density at radius 1 is 0.397 bits per heavy atom. The molecule has 0 heterocycles. The minimum atomic E-state index is 0.000779. The summed E-state index contributed by atoms with van der Waals surface area (Å²) in [4.78, 5) is 40.5. The number of unbranched alkanes of at least 4 members (excludes halogenated alkanes) is 25. The van der Waals surface area contributed by atoms with Crippen LogP contribution in [0.4, 0.5) is 0 Å². The van der Waals surface area contributed by atoms with Crippen LogP contribution in [0.2, 0.25) is 0 Å². The largest absolute Gasteiger partial charge is 0.465 e. The predicted molar refractivity (Wildman–Crippen MR) is 291 cm³/mol. The predicted octanol–water partition coefficient (Wildman–Crippen LogP) is 17.0. The highest BCUT2D eigenvalue weighted by atomic mass is 16.5. The maximum Gasteiger partial charge on any atom is 0.305 e. The van der Waals surface area contributed by atoms with Crippen LogP contribution in [-0.4, -0.2) is 73.3 Å². The maximum atomic E-state index is 12.6. The number of carbonyl (C=O) groups is 3. The van der Waals surface area contributed by atoms with E-state index < -0.39 is 0 Å². The van der Waals surface area contributed by atoms with Gasteiger partial charge in [0.2, 0.25) is 5.91 Å². The van der Waals surface area contributed by atoms with Crippen molar-refractivity contribution in [3.63, 3.8) is 0 Å². The van der Waals surface area contributed by atoms with Crippen LogP contribution in [0.15, 0.2) is 0 Å². The van der Waals surface area contributed by atoms with E-state index in [1.165, 1.54) is 212 Å². The van der Waals surface area contributed by atoms with Gasteiger partial charge in [-0.3, -0.25) is 14.4 Å². The summed E-state index contributed by atoms with van der Waals surface area (Å²) in [5.41, 5.74) is 0. The zero-order valence-electron chi connectivity index (χ0n) is 46.3. The summed E-state index contributed by atoms with van der Waals surface area (Å²) in [6.07, 6.45) is 49.7. The minimum Gasteiger partial charge on any atom is -0.465 e. The Morgan fingerprint density at radius 2 is 0.735 bits per heavy atom. The third-order valence-corrected chi connectivity index (χ3v) is 14.5. The van der Waals surface area contributed by atoms with Gasteiger partial charge in [-0.2, -0.15) is 0 Å². The van der Waals surface area contributed by atoms with E-state index in [0.29, 0.717) is 63.3 Å². The number of nitrogens with one attached hydrogen (secondary N) is 1. The van der Waals surface area contributed by atoms with Crippen LogP contribution in [0.3, 0.4) is 0 Å². The maximum absolute atomic E-state index is 12.6. The average Bonchev–Trinajstić information content (AvgIpc) is 3.34. The van der Waals surface area contributed by atoms with Gasteiger partial charge in [0.15, 0.2) is 0 Å². The number of amides is 1. The first-order valence-corrected chi connectivity index (χ1v) is 30.3. The van der Waals surface area contributed by atoms with Crippen molar-refractivity contribution in [2.24, 2.45) is 11.8 Å². The second-order valence-electron chi connectivity index (χ2n) is 21.1. The molecule has 0 fully saturated rings. The topological polar surface area (TPSA) is 105 Å². The van der Waals surface area contributed by atoms with Gasteiger partial charge in [-0.25, -0.2) is 0 Å². The van der Waals surface area contributed by atoms with E-state index >= 15 is 0 Å². The third kappa shape index (κ3) is 45.5. The molecule has 1 amide bonds. The molecule has 0 spiro atoms. The normalized spacial score (nSPS) is 12.9. The SMILES string of the molecule is CCCCCCCCCN(CCCCC(=O)NCCCO)C(CCCCCCCCC(=O)OCC(CCCC)CCCCCC)CCCCCCCCC(=O)OCC(CCCC)CCCCCC. The van der Waals surface area contributed by atoms with E-state index in [2.05, 4.69) is 44.8 Å². The van der Waals surface area contributed by atoms with Gasteiger partial charge in [-0.05, 0) is 102 Å². The number of carbonyl (C=O) groups excluding carboxylic acids is 3. The van der Waals surface area contributed by atoms with Crippen molar-refractivity contribution in [1.29, 1.82) is 0 Å². The molecule has 8 heteroatoms. The van der Waals surface area contributed by atoms with Crippen LogP contribution in [-0.2, 0) is 23.9 Å². The van der Waals surface area contributed by atoms with E-state index in [4.69, 9.17) is 14.6 Å². The molecule has 8 nitrogen and oxygen atoms in total. The first-order chi connectivity index (χ1) is 33.3. The Morgan fingerprint density at radius 3 is 1.18 bits per heavy atom. The van der Waals surface area contributed by atoms with Crippen molar-refractivity contribution >= 4 is 17.8 Å². The molecule has 0 aromatic heterocycles. The number of aliphatic hydroxyl groups excluding tert-OH is 1. The molecule has 0 saturated carbocycles. The van der Waals surface area contributed by atoms with Crippen molar-refractivity contribution in [3.05, 3.63) is 0 Å². The van der Waals surface area contributed by atoms with Gasteiger partial charge in [0.25, 0.3) is 0 Å². The Hall–Kier alpha value is -1.67. The molecule has 2 unspecified atom stereocenters. The second kappa shape index (κ2) is 53.1. The van der Waals surface area contributed by atoms with Gasteiger partial charge in [0.1, 0.15) is 0 Å². The zero-order chi connectivity index (χ0) is 49.8. The summed E-state index contributed by atoms with van der Waals surface area (Å²) in [5.74, 6) is 1.16. The number of ether oxygens (including phenoxy) is 2. The molecule has 68 heavy (non-hydrogen) atoms. The molecular weight excluding hydrogens is 845 g/mol. The number of hydrogen-bond donors (Lipinski definition) is 2. The highest BCUT2D eigenvalue weighted by molar-refractivity contribution is 5.75. The number of esters is 2. The molecular formula is C60H118N2O6. The van der Waals surface area contributed by atoms with Gasteiger partial charge in [-0.15, -0.1) is 0 Å². The lowest BCUT2D eigenvalue weighted by Gasteiger charge is -2.32. The summed E-state index contributed by atoms with van der Waals surface area (Å²) in [5, 5.41) is 12.1. The molecule has 2 N–H and O–H groups in total. The molecule has 0 aromatic carbocycles. The smallest absolute Gasteiger partial charge is 0.305 e. The Labute approximate surface area is 423 Å². The van der Waals surface area contributed by atoms with Crippen LogP contribution in [0, 0.1) is 11.8 Å². The van der Waals surface area contributed by atoms with Crippen molar-refractivity contribution in [2.75, 3.05) is 39.5 Å². The molecule has 0 saturated heterocycles. The molecule has 2 atom stereocenters. The van der Waals surface area contributed by atoms with E-state index in [-0.39, 0.29) is 24.5 Å². The van der Waals surface area contributed by atoms with E-state index in [1.54, 1.807) is 0 Å². The van der Waals surface area contributed by atoms with E-state index in [9.17, 15) is 14.4 Å². The van der Waals surface area contributed by atoms with Crippen molar-refractivity contribution in [1.82, 2.24) is 10.2 Å². The zero-order valence-corrected chi connectivity index (χ0v) is 46.3. The Bertz CT molecular complexity index is 1020. The van der Waals surface area contributed by atoms with Crippen LogP contribution in [0.5, 0.6) is 0 Å². The molecule has 0 aromatic rings. The quantitative estimate of drug-likeness (QED) is 0.0462. The summed E-state index contributed by atoms with van der Waals surface area (Å²) in [6, 6.07) is 0.582. The van der Waals surface area contributed by atoms with Crippen LogP contribution in [0.25, 0.3) is 0 Å². The molecule has 0 aliphatic heterocycles. The Balaban J connectivity index is 5.09. The van der Waals surface area contributed by atoms with E-state index in [0.717, 1.165) is 51.6 Å². The minimum absolute atomic E-state index is 0.000779. The first-order valence-electron chi connectivity index (χ1n) is 30.3. The summed E-state index contributed by atoms with van der Waals surface area (Å²) in [7, 11) is 0. The van der Waals surface area contributed by atoms with Crippen molar-refractivity contribution < 1.29 is 29.0 Å². The standard InChI is InChI=1S/C60H118N2O6/c1-6-11-16-19-24-29-37-50-62(51-38-36-46-58(64)61-49-39-52-63)57(44-32-25-20-22-27-34-47-59(65)67-53-55(40-14-9-4)42-30-17-12-7-2)45-33-26-21-23-28-35-48-60(66)68-54-56(41-15-10-5)43-31-18-13-8-3/h55-57,63H,6-54H2,1-5H3,(H,61,64). The fraction of sp³-hybridized carbons (Fsp3) is 0.950. The molecule has 404 valence electrons. The summed E-state index contributed by atoms with van der Waals surface area (Å²) in [6.45, 7) is 15.4. The van der Waals surface area contributed by atoms with Gasteiger partial charge < -0.3 is 24.8 Å². The molecule has 0 aliphatic rings. The number of hydrogen-bond acceptors (Lipinski definition) is 7. The molecule has 0 rings (SSSR count). The molecule has 0 radical (unpaired) electrons. The van der Waals surface area contributed by atoms with Gasteiger partial charge >= 0.3 is 11.9 Å². The van der Waals surface area contributed by atoms with Gasteiger partial charge in [-0.1, -0.05) is 214 Å². The van der Waals surface area contributed by atoms with Crippen LogP contribution < -0.4 is 5.32 Å². The average molecular weight is 964 g/mol. The molecule has 0 aliphatic carbocycles. The van der Waals surface area contributed by atoms with Crippen molar-refractivity contribution in [2.45, 2.75) is 317 Å². The van der Waals surface area contributed by atoms with Gasteiger partial charge in [0.05, 0.1) is 13.2 Å². The summed E-state index contributed by atoms with van der Waals surface area (Å²) >= 11 is 0. The monoisotopic (exact) mass is 963 g/mol. The van der Waals surface area contributed by atoms with E-state index in [1.807, 2.05) is 0 Å². The lowest BCUT2D eigenvalue weighted by molar-refractivity contribution is -0.146. The van der Waals surface area contributed by atoms with Crippen molar-refractivity contribution in [3.8, 4) is 0 Å². The highest BCUT2D eigenvalue weighted by Crippen LogP contribution is 2.23. The first kappa shape index (κ1) is 66.3. The molecule has 0 bridgehead atoms. The number of rotatable bonds is 55. The summed E-state index contributed by atoms with van der Waals surface area (Å²) < 4.78 is 11.6. The van der Waals surface area contributed by atoms with Crippen LogP contribution in [0.1, 0.15) is 311 Å². The fourth-order valence-electron chi connectivity index (χ4n) is 9.86. The second-order valence-corrected chi connectivity index (χ2v) is 21.1. The number of aliphatic hydroxyl groups is 1. The van der Waals surface area contributed by atoms with Crippen LogP contribution >= 0.6 is 0 Å². The third-order valence-electron chi connectivity index (χ3n) is 14.5. The Kier molecular flexibility index (Phi) is 51.8.